The van der Waals surface area contributed by atoms with Crippen molar-refractivity contribution in [2.45, 2.75) is 40.0 Å². The summed E-state index contributed by atoms with van der Waals surface area (Å²) in [6.45, 7) is 8.37. The van der Waals surface area contributed by atoms with Crippen molar-refractivity contribution in [2.24, 2.45) is 5.10 Å². The number of hydrazone groups is 1. The monoisotopic (exact) mass is 634 g/mol. The van der Waals surface area contributed by atoms with Crippen LogP contribution in [0, 0.1) is 0 Å². The maximum Gasteiger partial charge on any atom is 0.337 e. The second-order valence-electron chi connectivity index (χ2n) is 8.61. The molecule has 4 N–H and O–H groups in total. The molecule has 2 aromatic rings. The molecule has 0 bridgehead atoms. The number of amides is 2. The quantitative estimate of drug-likeness (QED) is 0.105. The molecule has 222 valence electrons. The van der Waals surface area contributed by atoms with Gasteiger partial charge in [0, 0.05) is 5.70 Å². The third-order valence-corrected chi connectivity index (χ3v) is 6.32. The second kappa shape index (κ2) is 15.1. The van der Waals surface area contributed by atoms with Crippen molar-refractivity contribution in [1.82, 2.24) is 16.1 Å². The summed E-state index contributed by atoms with van der Waals surface area (Å²) >= 11 is 3.49. The predicted octanol–water partition coefficient (Wildman–Crippen LogP) is 3.77. The number of carbonyl (C=O) groups is 2. The van der Waals surface area contributed by atoms with Crippen molar-refractivity contribution in [3.05, 3.63) is 57.2 Å². The van der Waals surface area contributed by atoms with Gasteiger partial charge >= 0.3 is 12.0 Å². The average Bonchev–Trinajstić information content (AvgIpc) is 2.93. The van der Waals surface area contributed by atoms with Crippen LogP contribution in [0.25, 0.3) is 0 Å². The number of aliphatic hydroxyl groups excluding tert-OH is 1. The lowest BCUT2D eigenvalue weighted by Gasteiger charge is -2.28. The van der Waals surface area contributed by atoms with E-state index in [1.807, 2.05) is 26.8 Å². The zero-order valence-corrected chi connectivity index (χ0v) is 25.2. The topological polar surface area (TPSA) is 149 Å². The number of hydrogen-bond acceptors (Lipinski definition) is 10. The van der Waals surface area contributed by atoms with E-state index < -0.39 is 24.3 Å². The fraction of sp³-hybridized carbons (Fsp3) is 0.393. The Balaban J connectivity index is 1.70. The maximum atomic E-state index is 12.4. The van der Waals surface area contributed by atoms with Crippen molar-refractivity contribution < 1.29 is 38.4 Å². The van der Waals surface area contributed by atoms with Crippen LogP contribution in [0.3, 0.4) is 0 Å². The first kappa shape index (κ1) is 31.6. The Bertz CT molecular complexity index is 1300. The largest absolute Gasteiger partial charge is 0.490 e. The minimum absolute atomic E-state index is 0.148. The Hall–Kier alpha value is -3.97. The van der Waals surface area contributed by atoms with E-state index in [-0.39, 0.29) is 12.2 Å². The number of nitrogens with zero attached hydrogens (tertiary/aromatic N) is 1. The summed E-state index contributed by atoms with van der Waals surface area (Å²) in [5.74, 6) is 1.35. The number of halogens is 1. The minimum Gasteiger partial charge on any atom is -0.490 e. The molecule has 2 aromatic carbocycles. The van der Waals surface area contributed by atoms with Gasteiger partial charge in [-0.05, 0) is 79.0 Å². The highest BCUT2D eigenvalue weighted by Crippen LogP contribution is 2.37. The van der Waals surface area contributed by atoms with Gasteiger partial charge in [0.15, 0.2) is 29.2 Å². The van der Waals surface area contributed by atoms with E-state index in [2.05, 4.69) is 37.1 Å². The molecule has 3 rings (SSSR count). The van der Waals surface area contributed by atoms with Crippen LogP contribution in [0.2, 0.25) is 0 Å². The normalized spacial score (nSPS) is 15.6. The number of urea groups is 1. The third-order valence-electron chi connectivity index (χ3n) is 5.73. The highest BCUT2D eigenvalue weighted by atomic mass is 79.9. The lowest BCUT2D eigenvalue weighted by atomic mass is 9.95. The van der Waals surface area contributed by atoms with Gasteiger partial charge in [-0.25, -0.2) is 9.59 Å². The minimum atomic E-state index is -1.14. The zero-order valence-electron chi connectivity index (χ0n) is 23.6. The van der Waals surface area contributed by atoms with Gasteiger partial charge in [-0.15, -0.1) is 0 Å². The number of rotatable bonds is 14. The van der Waals surface area contributed by atoms with Gasteiger partial charge < -0.3 is 39.4 Å². The Kier molecular flexibility index (Phi) is 11.7. The first-order valence-corrected chi connectivity index (χ1v) is 13.8. The fourth-order valence-corrected chi connectivity index (χ4v) is 4.60. The summed E-state index contributed by atoms with van der Waals surface area (Å²) < 4.78 is 28.5. The first-order valence-electron chi connectivity index (χ1n) is 13.0. The molecular weight excluding hydrogens is 600 g/mol. The van der Waals surface area contributed by atoms with Crippen LogP contribution in [-0.2, 0) is 9.53 Å². The molecule has 0 spiro atoms. The number of allylic oxidation sites excluding steroid dienone is 1. The number of hydrogen-bond donors (Lipinski definition) is 4. The van der Waals surface area contributed by atoms with Crippen molar-refractivity contribution >= 4 is 34.1 Å². The Morgan fingerprint density at radius 2 is 1.78 bits per heavy atom. The maximum absolute atomic E-state index is 12.4. The molecule has 1 aliphatic heterocycles. The summed E-state index contributed by atoms with van der Waals surface area (Å²) in [4.78, 5) is 24.5. The van der Waals surface area contributed by atoms with Gasteiger partial charge in [0.05, 0.1) is 49.2 Å². The first-order chi connectivity index (χ1) is 19.7. The molecular formula is C28H35BrN4O8. The Labute approximate surface area is 247 Å². The molecule has 0 radical (unpaired) electrons. The van der Waals surface area contributed by atoms with Crippen LogP contribution in [0.15, 0.2) is 51.2 Å². The molecule has 0 fully saturated rings. The van der Waals surface area contributed by atoms with Gasteiger partial charge in [-0.1, -0.05) is 6.07 Å². The van der Waals surface area contributed by atoms with E-state index in [9.17, 15) is 14.7 Å². The van der Waals surface area contributed by atoms with Gasteiger partial charge in [0.1, 0.15) is 6.61 Å². The van der Waals surface area contributed by atoms with Gasteiger partial charge in [-0.3, -0.25) is 5.43 Å². The van der Waals surface area contributed by atoms with Gasteiger partial charge in [0.2, 0.25) is 0 Å². The molecule has 2 amide bonds. The van der Waals surface area contributed by atoms with Crippen LogP contribution < -0.4 is 35.0 Å². The second-order valence-corrected chi connectivity index (χ2v) is 9.47. The van der Waals surface area contributed by atoms with Gasteiger partial charge in [0.25, 0.3) is 0 Å². The third kappa shape index (κ3) is 8.27. The molecule has 0 aromatic heterocycles. The summed E-state index contributed by atoms with van der Waals surface area (Å²) in [5, 5.41) is 19.8. The lowest BCUT2D eigenvalue weighted by molar-refractivity contribution is -0.136. The number of ether oxygens (including phenoxy) is 5. The van der Waals surface area contributed by atoms with Crippen LogP contribution in [-0.4, -0.2) is 63.1 Å². The highest BCUT2D eigenvalue weighted by Gasteiger charge is 2.32. The smallest absolute Gasteiger partial charge is 0.337 e. The lowest BCUT2D eigenvalue weighted by Crippen LogP contribution is -2.45. The number of methoxy groups -OCH3 is 1. The molecule has 0 aliphatic carbocycles. The molecule has 0 unspecified atom stereocenters. The van der Waals surface area contributed by atoms with E-state index in [1.54, 1.807) is 31.2 Å². The van der Waals surface area contributed by atoms with E-state index in [0.29, 0.717) is 54.1 Å². The van der Waals surface area contributed by atoms with Crippen molar-refractivity contribution in [2.75, 3.05) is 33.5 Å². The van der Waals surface area contributed by atoms with Gasteiger partial charge in [-0.2, -0.15) is 5.10 Å². The number of carbonyl (C=O) groups excluding carboxylic acids is 2. The number of benzene rings is 2. The summed E-state index contributed by atoms with van der Waals surface area (Å²) in [6, 6.07) is 7.42. The molecule has 13 heteroatoms. The summed E-state index contributed by atoms with van der Waals surface area (Å²) in [6.07, 6.45) is 0.395. The zero-order chi connectivity index (χ0) is 29.9. The van der Waals surface area contributed by atoms with Crippen LogP contribution in [0.4, 0.5) is 4.79 Å². The standard InChI is InChI=1S/C28H35BrN4O8/c1-6-38-21-13-18(25-24(27(35)37-5)16(4)31-28(36)32-25)9-10-20(21)41-15-23(34)33-30-14-17-11-19(29)26(40-8-3)22(12-17)39-7-2/h9-14,23,25,33-34H,6-8,15H2,1-5H3,(H2,31,32,36)/b30-14+/t23-,25+/m0/s1. The van der Waals surface area contributed by atoms with Crippen molar-refractivity contribution in [1.29, 1.82) is 0 Å². The summed E-state index contributed by atoms with van der Waals surface area (Å²) in [7, 11) is 1.28. The molecule has 41 heavy (non-hydrogen) atoms. The Morgan fingerprint density at radius 3 is 2.46 bits per heavy atom. The molecule has 2 atom stereocenters. The number of nitrogens with one attached hydrogen (secondary N) is 3. The van der Waals surface area contributed by atoms with Crippen LogP contribution in [0.5, 0.6) is 23.0 Å². The number of esters is 1. The fourth-order valence-electron chi connectivity index (χ4n) is 4.03. The molecule has 0 saturated heterocycles. The van der Waals surface area contributed by atoms with Crippen molar-refractivity contribution in [3.63, 3.8) is 0 Å². The molecule has 1 aliphatic rings. The Morgan fingerprint density at radius 1 is 1.07 bits per heavy atom. The molecule has 1 heterocycles. The van der Waals surface area contributed by atoms with E-state index in [0.717, 1.165) is 10.0 Å². The van der Waals surface area contributed by atoms with Crippen molar-refractivity contribution in [3.8, 4) is 23.0 Å². The molecule has 12 nitrogen and oxygen atoms in total. The van der Waals surface area contributed by atoms with E-state index >= 15 is 0 Å². The average molecular weight is 636 g/mol. The molecule has 0 saturated carbocycles. The highest BCUT2D eigenvalue weighted by molar-refractivity contribution is 9.10. The number of aliphatic hydroxyl groups is 1. The van der Waals surface area contributed by atoms with Crippen LogP contribution in [0.1, 0.15) is 44.9 Å². The van der Waals surface area contributed by atoms with E-state index in [4.69, 9.17) is 23.7 Å². The van der Waals surface area contributed by atoms with Crippen LogP contribution >= 0.6 is 15.9 Å². The van der Waals surface area contributed by atoms with E-state index in [1.165, 1.54) is 13.3 Å². The predicted molar refractivity (Wildman–Crippen MR) is 155 cm³/mol. The SMILES string of the molecule is CCOc1cc([C@H]2NC(=O)NC(C)=C2C(=O)OC)ccc1OC[C@H](O)N/N=C/c1cc(Br)c(OCC)c(OCC)c1. The summed E-state index contributed by atoms with van der Waals surface area (Å²) in [5.41, 5.74) is 4.60.